The van der Waals surface area contributed by atoms with Gasteiger partial charge in [-0.15, -0.1) is 0 Å². The molecule has 2 aliphatic carbocycles. The number of alkyl halides is 3. The molecule has 204 valence electrons. The SMILES string of the molecule is O=S(=O)(NCC1CCC(CNc2nc(NCC3CC3)c3ccccc3n2)CC1)c1ccccc1C(F)(F)F. The standard InChI is InChI=1S/C27H32F3N5O2S/c28-27(29,30)22-6-2-4-8-24(22)38(36,37)33-17-20-13-11-19(12-14-20)16-32-26-34-23-7-3-1-5-21(23)25(35-26)31-15-18-9-10-18/h1-8,18-20,33H,9-17H2,(H2,31,32,34,35). The van der Waals surface area contributed by atoms with Gasteiger partial charge in [0.2, 0.25) is 16.0 Å². The van der Waals surface area contributed by atoms with Crippen LogP contribution < -0.4 is 15.4 Å². The molecule has 5 rings (SSSR count). The van der Waals surface area contributed by atoms with Gasteiger partial charge < -0.3 is 10.6 Å². The van der Waals surface area contributed by atoms with Crippen molar-refractivity contribution in [1.29, 1.82) is 0 Å². The molecular formula is C27H32F3N5O2S. The first kappa shape index (κ1) is 26.7. The van der Waals surface area contributed by atoms with Crippen molar-refractivity contribution in [3.63, 3.8) is 0 Å². The van der Waals surface area contributed by atoms with E-state index in [0.717, 1.165) is 67.0 Å². The van der Waals surface area contributed by atoms with E-state index in [0.29, 0.717) is 18.4 Å². The van der Waals surface area contributed by atoms with Gasteiger partial charge in [0.25, 0.3) is 0 Å². The summed E-state index contributed by atoms with van der Waals surface area (Å²) in [6.07, 6.45) is 1.14. The third kappa shape index (κ3) is 6.55. The summed E-state index contributed by atoms with van der Waals surface area (Å²) in [6.45, 7) is 1.74. The molecule has 1 heterocycles. The van der Waals surface area contributed by atoms with E-state index in [1.165, 1.54) is 25.0 Å². The predicted octanol–water partition coefficient (Wildman–Crippen LogP) is 5.67. The van der Waals surface area contributed by atoms with E-state index in [1.807, 2.05) is 24.3 Å². The Morgan fingerprint density at radius 3 is 2.03 bits per heavy atom. The molecule has 2 aliphatic rings. The van der Waals surface area contributed by atoms with E-state index in [1.54, 1.807) is 0 Å². The Labute approximate surface area is 220 Å². The maximum atomic E-state index is 13.3. The summed E-state index contributed by atoms with van der Waals surface area (Å²) in [6, 6.07) is 12.2. The zero-order valence-corrected chi connectivity index (χ0v) is 21.8. The highest BCUT2D eigenvalue weighted by molar-refractivity contribution is 7.89. The number of hydrogen-bond acceptors (Lipinski definition) is 6. The number of hydrogen-bond donors (Lipinski definition) is 3. The Morgan fingerprint density at radius 1 is 0.763 bits per heavy atom. The Hall–Kier alpha value is -2.92. The third-order valence-electron chi connectivity index (χ3n) is 7.42. The predicted molar refractivity (Wildman–Crippen MR) is 141 cm³/mol. The van der Waals surface area contributed by atoms with Crippen LogP contribution in [0.25, 0.3) is 10.9 Å². The number of aromatic nitrogens is 2. The molecule has 1 aromatic heterocycles. The Kier molecular flexibility index (Phi) is 7.76. The normalized spacial score (nSPS) is 20.4. The highest BCUT2D eigenvalue weighted by Crippen LogP contribution is 2.35. The number of halogens is 3. The summed E-state index contributed by atoms with van der Waals surface area (Å²) < 4.78 is 67.5. The molecule has 2 aromatic carbocycles. The zero-order chi connectivity index (χ0) is 26.8. The van der Waals surface area contributed by atoms with Crippen LogP contribution in [0.3, 0.4) is 0 Å². The highest BCUT2D eigenvalue weighted by Gasteiger charge is 2.37. The Morgan fingerprint density at radius 2 is 1.34 bits per heavy atom. The fourth-order valence-electron chi connectivity index (χ4n) is 4.97. The van der Waals surface area contributed by atoms with E-state index in [4.69, 9.17) is 4.98 Å². The molecular weight excluding hydrogens is 515 g/mol. The van der Waals surface area contributed by atoms with Crippen LogP contribution in [0.4, 0.5) is 24.9 Å². The van der Waals surface area contributed by atoms with Crippen LogP contribution >= 0.6 is 0 Å². The van der Waals surface area contributed by atoms with Gasteiger partial charge in [-0.2, -0.15) is 18.2 Å². The topological polar surface area (TPSA) is 96.0 Å². The second-order valence-corrected chi connectivity index (χ2v) is 12.1. The number of rotatable bonds is 10. The van der Waals surface area contributed by atoms with Crippen molar-refractivity contribution < 1.29 is 21.6 Å². The minimum Gasteiger partial charge on any atom is -0.369 e. The van der Waals surface area contributed by atoms with Crippen molar-refractivity contribution >= 4 is 32.7 Å². The Bertz CT molecular complexity index is 1370. The summed E-state index contributed by atoms with van der Waals surface area (Å²) in [7, 11) is -4.27. The van der Waals surface area contributed by atoms with Crippen molar-refractivity contribution in [2.75, 3.05) is 30.3 Å². The van der Waals surface area contributed by atoms with Crippen LogP contribution in [0.1, 0.15) is 44.1 Å². The minimum atomic E-state index is -4.74. The van der Waals surface area contributed by atoms with Gasteiger partial charge in [0, 0.05) is 25.0 Å². The number of nitrogens with one attached hydrogen (secondary N) is 3. The van der Waals surface area contributed by atoms with E-state index < -0.39 is 26.7 Å². The molecule has 11 heteroatoms. The van der Waals surface area contributed by atoms with Crippen LogP contribution in [-0.2, 0) is 16.2 Å². The van der Waals surface area contributed by atoms with Crippen LogP contribution in [0.15, 0.2) is 53.4 Å². The number of nitrogens with zero attached hydrogens (tertiary/aromatic N) is 2. The zero-order valence-electron chi connectivity index (χ0n) is 21.0. The maximum absolute atomic E-state index is 13.3. The number of benzene rings is 2. The van der Waals surface area contributed by atoms with Crippen molar-refractivity contribution in [2.24, 2.45) is 17.8 Å². The van der Waals surface area contributed by atoms with Gasteiger partial charge in [-0.05, 0) is 80.5 Å². The van der Waals surface area contributed by atoms with Crippen LogP contribution in [-0.4, -0.2) is 38.0 Å². The summed E-state index contributed by atoms with van der Waals surface area (Å²) in [5, 5.41) is 7.86. The van der Waals surface area contributed by atoms with Crippen molar-refractivity contribution in [3.05, 3.63) is 54.1 Å². The number of sulfonamides is 1. The van der Waals surface area contributed by atoms with Gasteiger partial charge in [-0.3, -0.25) is 0 Å². The lowest BCUT2D eigenvalue weighted by Crippen LogP contribution is -2.33. The molecule has 0 radical (unpaired) electrons. The van der Waals surface area contributed by atoms with Crippen molar-refractivity contribution in [2.45, 2.75) is 49.6 Å². The smallest absolute Gasteiger partial charge is 0.369 e. The lowest BCUT2D eigenvalue weighted by molar-refractivity contribution is -0.139. The van der Waals surface area contributed by atoms with Gasteiger partial charge in [0.1, 0.15) is 5.82 Å². The van der Waals surface area contributed by atoms with Crippen LogP contribution in [0, 0.1) is 17.8 Å². The van der Waals surface area contributed by atoms with E-state index in [2.05, 4.69) is 20.3 Å². The third-order valence-corrected chi connectivity index (χ3v) is 8.90. The Balaban J connectivity index is 1.13. The molecule has 0 unspecified atom stereocenters. The van der Waals surface area contributed by atoms with Crippen molar-refractivity contribution in [1.82, 2.24) is 14.7 Å². The lowest BCUT2D eigenvalue weighted by Gasteiger charge is -2.29. The average Bonchev–Trinajstić information content (AvgIpc) is 3.74. The monoisotopic (exact) mass is 547 g/mol. The molecule has 2 saturated carbocycles. The number of anilines is 2. The van der Waals surface area contributed by atoms with Crippen molar-refractivity contribution in [3.8, 4) is 0 Å². The molecule has 3 aromatic rings. The molecule has 0 saturated heterocycles. The molecule has 38 heavy (non-hydrogen) atoms. The fourth-order valence-corrected chi connectivity index (χ4v) is 6.31. The minimum absolute atomic E-state index is 0.0780. The summed E-state index contributed by atoms with van der Waals surface area (Å²) in [5.41, 5.74) is -0.268. The molecule has 3 N–H and O–H groups in total. The van der Waals surface area contributed by atoms with Gasteiger partial charge in [0.05, 0.1) is 16.0 Å². The lowest BCUT2D eigenvalue weighted by atomic mass is 9.82. The van der Waals surface area contributed by atoms with E-state index in [-0.39, 0.29) is 12.5 Å². The van der Waals surface area contributed by atoms with Gasteiger partial charge in [-0.25, -0.2) is 18.1 Å². The molecule has 0 atom stereocenters. The summed E-state index contributed by atoms with van der Waals surface area (Å²) >= 11 is 0. The van der Waals surface area contributed by atoms with Crippen LogP contribution in [0.5, 0.6) is 0 Å². The first-order valence-electron chi connectivity index (χ1n) is 13.1. The largest absolute Gasteiger partial charge is 0.417 e. The average molecular weight is 548 g/mol. The first-order valence-corrected chi connectivity index (χ1v) is 14.6. The van der Waals surface area contributed by atoms with Gasteiger partial charge >= 0.3 is 6.18 Å². The first-order chi connectivity index (χ1) is 18.2. The maximum Gasteiger partial charge on any atom is 0.417 e. The van der Waals surface area contributed by atoms with E-state index in [9.17, 15) is 21.6 Å². The summed E-state index contributed by atoms with van der Waals surface area (Å²) in [4.78, 5) is 8.66. The molecule has 0 bridgehead atoms. The fraction of sp³-hybridized carbons (Fsp3) is 0.481. The quantitative estimate of drug-likeness (QED) is 0.303. The molecule has 2 fully saturated rings. The summed E-state index contributed by atoms with van der Waals surface area (Å²) in [5.74, 6) is 2.61. The second-order valence-electron chi connectivity index (χ2n) is 10.4. The number of fused-ring (bicyclic) bond motifs is 1. The molecule has 0 amide bonds. The molecule has 7 nitrogen and oxygen atoms in total. The van der Waals surface area contributed by atoms with E-state index >= 15 is 0 Å². The van der Waals surface area contributed by atoms with Gasteiger partial charge in [0.15, 0.2) is 0 Å². The second kappa shape index (κ2) is 11.1. The highest BCUT2D eigenvalue weighted by atomic mass is 32.2. The molecule has 0 aliphatic heterocycles. The van der Waals surface area contributed by atoms with Crippen LogP contribution in [0.2, 0.25) is 0 Å². The molecule has 0 spiro atoms. The number of para-hydroxylation sites is 1. The van der Waals surface area contributed by atoms with Gasteiger partial charge in [-0.1, -0.05) is 24.3 Å².